The number of hydrogen-bond donors (Lipinski definition) is 2. The van der Waals surface area contributed by atoms with Gasteiger partial charge in [-0.3, -0.25) is 0 Å². The van der Waals surface area contributed by atoms with Gasteiger partial charge in [0.05, 0.1) is 12.4 Å². The lowest BCUT2D eigenvalue weighted by Crippen LogP contribution is -2.42. The van der Waals surface area contributed by atoms with Gasteiger partial charge in [0.2, 0.25) is 5.95 Å². The van der Waals surface area contributed by atoms with Crippen molar-refractivity contribution in [3.63, 3.8) is 0 Å². The van der Waals surface area contributed by atoms with Gasteiger partial charge in [0.15, 0.2) is 5.82 Å². The van der Waals surface area contributed by atoms with Gasteiger partial charge in [-0.1, -0.05) is 6.92 Å². The SMILES string of the molecule is CC1(CNc2ncc(F)cn2)CCCNC1. The van der Waals surface area contributed by atoms with E-state index in [-0.39, 0.29) is 5.41 Å². The van der Waals surface area contributed by atoms with E-state index in [0.29, 0.717) is 5.95 Å². The third-order valence-corrected chi connectivity index (χ3v) is 2.98. The largest absolute Gasteiger partial charge is 0.354 e. The van der Waals surface area contributed by atoms with Crippen LogP contribution in [0.5, 0.6) is 0 Å². The second-order valence-corrected chi connectivity index (χ2v) is 4.67. The Morgan fingerprint density at radius 2 is 2.25 bits per heavy atom. The zero-order valence-electron chi connectivity index (χ0n) is 9.46. The fourth-order valence-corrected chi connectivity index (χ4v) is 1.97. The van der Waals surface area contributed by atoms with Crippen LogP contribution in [0.3, 0.4) is 0 Å². The summed E-state index contributed by atoms with van der Waals surface area (Å²) >= 11 is 0. The highest BCUT2D eigenvalue weighted by Gasteiger charge is 2.26. The van der Waals surface area contributed by atoms with Crippen molar-refractivity contribution in [2.45, 2.75) is 19.8 Å². The number of rotatable bonds is 3. The number of halogens is 1. The van der Waals surface area contributed by atoms with E-state index in [1.807, 2.05) is 0 Å². The van der Waals surface area contributed by atoms with Gasteiger partial charge in [0.25, 0.3) is 0 Å². The molecule has 4 nitrogen and oxygen atoms in total. The Morgan fingerprint density at radius 3 is 2.88 bits per heavy atom. The number of nitrogens with one attached hydrogen (secondary N) is 2. The third-order valence-electron chi connectivity index (χ3n) is 2.98. The smallest absolute Gasteiger partial charge is 0.222 e. The van der Waals surface area contributed by atoms with Crippen molar-refractivity contribution in [3.8, 4) is 0 Å². The summed E-state index contributed by atoms with van der Waals surface area (Å²) in [6.45, 7) is 5.14. The fourth-order valence-electron chi connectivity index (χ4n) is 1.97. The zero-order valence-corrected chi connectivity index (χ0v) is 9.46. The average molecular weight is 224 g/mol. The molecule has 0 saturated carbocycles. The van der Waals surface area contributed by atoms with Crippen LogP contribution < -0.4 is 10.6 Å². The predicted octanol–water partition coefficient (Wildman–Crippen LogP) is 1.42. The molecular weight excluding hydrogens is 207 g/mol. The summed E-state index contributed by atoms with van der Waals surface area (Å²) in [6.07, 6.45) is 4.74. The number of anilines is 1. The van der Waals surface area contributed by atoms with Crippen LogP contribution in [0.4, 0.5) is 10.3 Å². The van der Waals surface area contributed by atoms with E-state index in [4.69, 9.17) is 0 Å². The molecule has 2 N–H and O–H groups in total. The van der Waals surface area contributed by atoms with Crippen molar-refractivity contribution in [2.75, 3.05) is 25.0 Å². The molecule has 1 atom stereocenters. The number of nitrogens with zero attached hydrogens (tertiary/aromatic N) is 2. The van der Waals surface area contributed by atoms with Crippen molar-refractivity contribution in [2.24, 2.45) is 5.41 Å². The van der Waals surface area contributed by atoms with Crippen molar-refractivity contribution in [1.82, 2.24) is 15.3 Å². The highest BCUT2D eigenvalue weighted by Crippen LogP contribution is 2.25. The van der Waals surface area contributed by atoms with E-state index in [2.05, 4.69) is 27.5 Å². The third kappa shape index (κ3) is 2.88. The maximum atomic E-state index is 12.6. The molecule has 1 saturated heterocycles. The molecule has 0 spiro atoms. The maximum absolute atomic E-state index is 12.6. The van der Waals surface area contributed by atoms with Crippen molar-refractivity contribution < 1.29 is 4.39 Å². The minimum atomic E-state index is -0.406. The molecule has 0 radical (unpaired) electrons. The summed E-state index contributed by atoms with van der Waals surface area (Å²) in [5.41, 5.74) is 0.232. The normalized spacial score (nSPS) is 25.4. The number of piperidine rings is 1. The lowest BCUT2D eigenvalue weighted by molar-refractivity contribution is 0.253. The van der Waals surface area contributed by atoms with Crippen LogP contribution in [0.25, 0.3) is 0 Å². The first-order valence-corrected chi connectivity index (χ1v) is 5.60. The molecule has 0 amide bonds. The molecule has 1 aliphatic heterocycles. The van der Waals surface area contributed by atoms with E-state index in [0.717, 1.165) is 19.6 Å². The molecule has 2 rings (SSSR count). The Kier molecular flexibility index (Phi) is 3.33. The molecule has 88 valence electrons. The first-order chi connectivity index (χ1) is 7.68. The molecule has 0 bridgehead atoms. The second-order valence-electron chi connectivity index (χ2n) is 4.67. The van der Waals surface area contributed by atoms with E-state index in [1.54, 1.807) is 0 Å². The number of hydrogen-bond acceptors (Lipinski definition) is 4. The molecule has 1 aliphatic rings. The standard InChI is InChI=1S/C11H17FN4/c1-11(3-2-4-13-7-11)8-16-10-14-5-9(12)6-15-10/h5-6,13H,2-4,7-8H2,1H3,(H,14,15,16). The topological polar surface area (TPSA) is 49.8 Å². The van der Waals surface area contributed by atoms with E-state index in [1.165, 1.54) is 25.2 Å². The Hall–Kier alpha value is -1.23. The minimum absolute atomic E-state index is 0.232. The molecule has 0 aromatic carbocycles. The molecule has 1 unspecified atom stereocenters. The van der Waals surface area contributed by atoms with Gasteiger partial charge in [0.1, 0.15) is 0 Å². The van der Waals surface area contributed by atoms with Gasteiger partial charge in [-0.15, -0.1) is 0 Å². The minimum Gasteiger partial charge on any atom is -0.354 e. The van der Waals surface area contributed by atoms with E-state index >= 15 is 0 Å². The Bertz CT molecular complexity index is 332. The number of aromatic nitrogens is 2. The van der Waals surface area contributed by atoms with Crippen LogP contribution in [-0.4, -0.2) is 29.6 Å². The van der Waals surface area contributed by atoms with Crippen LogP contribution in [0.1, 0.15) is 19.8 Å². The van der Waals surface area contributed by atoms with E-state index < -0.39 is 5.82 Å². The summed E-state index contributed by atoms with van der Waals surface area (Å²) in [6, 6.07) is 0. The maximum Gasteiger partial charge on any atom is 0.222 e. The monoisotopic (exact) mass is 224 g/mol. The van der Waals surface area contributed by atoms with Crippen molar-refractivity contribution in [3.05, 3.63) is 18.2 Å². The van der Waals surface area contributed by atoms with Crippen LogP contribution >= 0.6 is 0 Å². The molecular formula is C11H17FN4. The van der Waals surface area contributed by atoms with Gasteiger partial charge in [-0.2, -0.15) is 0 Å². The lowest BCUT2D eigenvalue weighted by atomic mass is 9.83. The van der Waals surface area contributed by atoms with Gasteiger partial charge < -0.3 is 10.6 Å². The molecule has 1 aromatic rings. The van der Waals surface area contributed by atoms with Crippen molar-refractivity contribution in [1.29, 1.82) is 0 Å². The second kappa shape index (κ2) is 4.74. The van der Waals surface area contributed by atoms with Crippen LogP contribution in [-0.2, 0) is 0 Å². The summed E-state index contributed by atoms with van der Waals surface area (Å²) in [7, 11) is 0. The lowest BCUT2D eigenvalue weighted by Gasteiger charge is -2.34. The molecule has 1 aromatic heterocycles. The van der Waals surface area contributed by atoms with Crippen LogP contribution in [0.2, 0.25) is 0 Å². The summed E-state index contributed by atoms with van der Waals surface area (Å²) < 4.78 is 12.6. The molecule has 16 heavy (non-hydrogen) atoms. The van der Waals surface area contributed by atoms with E-state index in [9.17, 15) is 4.39 Å². The Morgan fingerprint density at radius 1 is 1.50 bits per heavy atom. The highest BCUT2D eigenvalue weighted by atomic mass is 19.1. The fraction of sp³-hybridized carbons (Fsp3) is 0.636. The molecule has 1 fully saturated rings. The molecule has 5 heteroatoms. The quantitative estimate of drug-likeness (QED) is 0.815. The zero-order chi connectivity index (χ0) is 11.4. The van der Waals surface area contributed by atoms with Crippen molar-refractivity contribution >= 4 is 5.95 Å². The Labute approximate surface area is 94.7 Å². The predicted molar refractivity (Wildman–Crippen MR) is 60.7 cm³/mol. The summed E-state index contributed by atoms with van der Waals surface area (Å²) in [4.78, 5) is 7.75. The van der Waals surface area contributed by atoms with Gasteiger partial charge in [-0.05, 0) is 24.8 Å². The molecule has 2 heterocycles. The summed E-state index contributed by atoms with van der Waals surface area (Å²) in [5.74, 6) is 0.0873. The summed E-state index contributed by atoms with van der Waals surface area (Å²) in [5, 5.41) is 6.53. The van der Waals surface area contributed by atoms with Crippen LogP contribution in [0.15, 0.2) is 12.4 Å². The highest BCUT2D eigenvalue weighted by molar-refractivity contribution is 5.23. The first-order valence-electron chi connectivity index (χ1n) is 5.60. The first kappa shape index (κ1) is 11.3. The van der Waals surface area contributed by atoms with Gasteiger partial charge in [-0.25, -0.2) is 14.4 Å². The molecule has 0 aliphatic carbocycles. The van der Waals surface area contributed by atoms with Gasteiger partial charge in [0, 0.05) is 13.1 Å². The average Bonchev–Trinajstić information content (AvgIpc) is 2.29. The Balaban J connectivity index is 1.88. The van der Waals surface area contributed by atoms with Gasteiger partial charge >= 0.3 is 0 Å². The van der Waals surface area contributed by atoms with Crippen LogP contribution in [0, 0.1) is 11.2 Å².